The first-order valence-corrected chi connectivity index (χ1v) is 17.4. The minimum atomic E-state index is -2.48. The summed E-state index contributed by atoms with van der Waals surface area (Å²) in [7, 11) is 0. The van der Waals surface area contributed by atoms with E-state index in [1.54, 1.807) is 91.0 Å². The minimum Gasteiger partial charge on any atom is -0.448 e. The van der Waals surface area contributed by atoms with Crippen LogP contribution in [-0.2, 0) is 19.9 Å². The smallest absolute Gasteiger partial charge is 0.411 e. The molecule has 0 heterocycles. The molecule has 0 spiro atoms. The Morgan fingerprint density at radius 1 is 0.589 bits per heavy atom. The monoisotopic (exact) mass is 762 g/mol. The number of halogens is 5. The molecule has 282 valence electrons. The van der Waals surface area contributed by atoms with Gasteiger partial charge >= 0.3 is 12.1 Å². The van der Waals surface area contributed by atoms with E-state index in [0.717, 1.165) is 27.2 Å². The summed E-state index contributed by atoms with van der Waals surface area (Å²) >= 11 is 0. The van der Waals surface area contributed by atoms with Gasteiger partial charge in [0, 0.05) is 5.92 Å². The highest BCUT2D eigenvalue weighted by Crippen LogP contribution is 2.47. The third-order valence-electron chi connectivity index (χ3n) is 9.82. The van der Waals surface area contributed by atoms with Gasteiger partial charge in [-0.2, -0.15) is 8.78 Å². The summed E-state index contributed by atoms with van der Waals surface area (Å²) < 4.78 is 83.9. The number of rotatable bonds is 11. The van der Waals surface area contributed by atoms with Crippen molar-refractivity contribution in [2.75, 3.05) is 6.61 Å². The Balaban J connectivity index is 1.44. The van der Waals surface area contributed by atoms with Crippen LogP contribution in [0.15, 0.2) is 140 Å². The fraction of sp³-hybridized carbons (Fsp3) is 0.114. The number of hydrogen-bond acceptors (Lipinski definition) is 5. The number of nitrogens with two attached hydrogens (primary N) is 1. The van der Waals surface area contributed by atoms with Gasteiger partial charge in [-0.3, -0.25) is 9.69 Å². The van der Waals surface area contributed by atoms with Crippen molar-refractivity contribution in [3.05, 3.63) is 196 Å². The van der Waals surface area contributed by atoms with Crippen LogP contribution in [0.25, 0.3) is 11.1 Å². The molecule has 1 aliphatic rings. The number of hydrogen-bond donors (Lipinski definition) is 1. The zero-order valence-electron chi connectivity index (χ0n) is 29.3. The zero-order valence-corrected chi connectivity index (χ0v) is 29.3. The van der Waals surface area contributed by atoms with Gasteiger partial charge in [-0.25, -0.2) is 22.8 Å². The Kier molecular flexibility index (Phi) is 10.4. The number of carbonyl (C=O) groups excluding carboxylic acids is 3. The van der Waals surface area contributed by atoms with Crippen LogP contribution in [0.4, 0.5) is 26.7 Å². The lowest BCUT2D eigenvalue weighted by atomic mass is 9.74. The summed E-state index contributed by atoms with van der Waals surface area (Å²) in [5, 5.41) is 0. The highest BCUT2D eigenvalue weighted by atomic mass is 19.2. The topological polar surface area (TPSA) is 98.9 Å². The zero-order chi connectivity index (χ0) is 39.6. The molecule has 1 aliphatic carbocycles. The van der Waals surface area contributed by atoms with E-state index >= 15 is 13.6 Å². The first-order valence-electron chi connectivity index (χ1n) is 17.4. The number of nitrogens with zero attached hydrogens (tertiary/aromatic N) is 1. The average molecular weight is 763 g/mol. The molecule has 12 heteroatoms. The van der Waals surface area contributed by atoms with E-state index in [2.05, 4.69) is 0 Å². The predicted molar refractivity (Wildman–Crippen MR) is 196 cm³/mol. The SMILES string of the molecule is NC(=O)CC(C(=O)Oc1c(F)c(F)c(F)c(F)c1F)N(C(=O)OCC1c2ccccc2-c2ccccc21)C(c1ccccc1)(c1ccccc1)c1ccccc1. The number of esters is 1. The van der Waals surface area contributed by atoms with Gasteiger partial charge < -0.3 is 15.2 Å². The van der Waals surface area contributed by atoms with Gasteiger partial charge in [-0.1, -0.05) is 140 Å². The highest BCUT2D eigenvalue weighted by molar-refractivity contribution is 5.90. The molecule has 56 heavy (non-hydrogen) atoms. The van der Waals surface area contributed by atoms with E-state index in [4.69, 9.17) is 15.2 Å². The molecule has 0 aliphatic heterocycles. The maximum absolute atomic E-state index is 15.2. The van der Waals surface area contributed by atoms with Crippen molar-refractivity contribution in [3.8, 4) is 16.9 Å². The van der Waals surface area contributed by atoms with Crippen LogP contribution < -0.4 is 10.5 Å². The first kappa shape index (κ1) is 37.5. The van der Waals surface area contributed by atoms with Crippen LogP contribution in [0, 0.1) is 29.1 Å². The summed E-state index contributed by atoms with van der Waals surface area (Å²) in [6.45, 7) is -0.284. The molecule has 1 unspecified atom stereocenters. The van der Waals surface area contributed by atoms with E-state index in [1.807, 2.05) is 48.5 Å². The second-order valence-electron chi connectivity index (χ2n) is 13.0. The Morgan fingerprint density at radius 3 is 1.41 bits per heavy atom. The van der Waals surface area contributed by atoms with Crippen molar-refractivity contribution in [1.29, 1.82) is 0 Å². The van der Waals surface area contributed by atoms with Crippen molar-refractivity contribution in [2.45, 2.75) is 23.9 Å². The van der Waals surface area contributed by atoms with Crippen LogP contribution in [0.2, 0.25) is 0 Å². The molecule has 6 aromatic carbocycles. The number of ether oxygens (including phenoxy) is 2. The van der Waals surface area contributed by atoms with Crippen LogP contribution in [-0.4, -0.2) is 35.5 Å². The number of amides is 2. The fourth-order valence-corrected chi connectivity index (χ4v) is 7.43. The molecule has 0 saturated heterocycles. The lowest BCUT2D eigenvalue weighted by molar-refractivity contribution is -0.144. The molecule has 6 aromatic rings. The molecule has 1 atom stereocenters. The molecule has 7 nitrogen and oxygen atoms in total. The third kappa shape index (κ3) is 6.52. The van der Waals surface area contributed by atoms with E-state index in [-0.39, 0.29) is 6.61 Å². The average Bonchev–Trinajstić information content (AvgIpc) is 3.55. The van der Waals surface area contributed by atoms with Gasteiger partial charge in [0.1, 0.15) is 18.2 Å². The predicted octanol–water partition coefficient (Wildman–Crippen LogP) is 8.77. The van der Waals surface area contributed by atoms with Crippen molar-refractivity contribution >= 4 is 18.0 Å². The largest absolute Gasteiger partial charge is 0.448 e. The maximum Gasteiger partial charge on any atom is 0.411 e. The lowest BCUT2D eigenvalue weighted by Crippen LogP contribution is -2.60. The molecule has 2 N–H and O–H groups in total. The summed E-state index contributed by atoms with van der Waals surface area (Å²) in [6.07, 6.45) is -2.24. The molecule has 2 amide bonds. The highest BCUT2D eigenvalue weighted by Gasteiger charge is 2.52. The molecule has 0 radical (unpaired) electrons. The van der Waals surface area contributed by atoms with Gasteiger partial charge in [0.15, 0.2) is 0 Å². The Morgan fingerprint density at radius 2 is 0.982 bits per heavy atom. The van der Waals surface area contributed by atoms with Crippen LogP contribution in [0.5, 0.6) is 5.75 Å². The Labute approximate surface area is 317 Å². The molecule has 0 saturated carbocycles. The molecule has 0 aromatic heterocycles. The number of carbonyl (C=O) groups is 3. The quantitative estimate of drug-likeness (QED) is 0.0356. The lowest BCUT2D eigenvalue weighted by Gasteiger charge is -2.47. The van der Waals surface area contributed by atoms with E-state index in [9.17, 15) is 22.8 Å². The Hall–Kier alpha value is -6.82. The van der Waals surface area contributed by atoms with Crippen molar-refractivity contribution in [1.82, 2.24) is 4.90 Å². The van der Waals surface area contributed by atoms with Crippen molar-refractivity contribution in [2.24, 2.45) is 5.73 Å². The molecule has 7 rings (SSSR count). The van der Waals surface area contributed by atoms with Gasteiger partial charge in [0.05, 0.1) is 6.42 Å². The van der Waals surface area contributed by atoms with E-state index in [0.29, 0.717) is 16.7 Å². The number of primary amides is 1. The Bertz CT molecular complexity index is 2260. The second-order valence-corrected chi connectivity index (χ2v) is 13.0. The van der Waals surface area contributed by atoms with Gasteiger partial charge in [-0.15, -0.1) is 0 Å². The molecule has 0 fully saturated rings. The summed E-state index contributed by atoms with van der Waals surface area (Å²) in [5.41, 5.74) is 8.39. The standard InChI is InChI=1S/C44H31F5N2O5/c45-36-37(46)39(48)41(40(49)38(36)47)56-42(53)34(24-35(50)52)51(43(54)55-25-33-31-22-12-10-20-29(31)30-21-11-13-23-32(30)33)44(26-14-4-1-5-15-26,27-16-6-2-7-17-27)28-18-8-3-9-19-28/h1-23,33-34H,24-25H2,(H2,50,52). The fourth-order valence-electron chi connectivity index (χ4n) is 7.43. The minimum absolute atomic E-state index is 0.284. The van der Waals surface area contributed by atoms with Crippen molar-refractivity contribution in [3.63, 3.8) is 0 Å². The van der Waals surface area contributed by atoms with Crippen LogP contribution >= 0.6 is 0 Å². The van der Waals surface area contributed by atoms with Gasteiger partial charge in [-0.05, 0) is 38.9 Å². The van der Waals surface area contributed by atoms with E-state index < -0.39 is 76.7 Å². The molecular formula is C44H31F5N2O5. The second kappa shape index (κ2) is 15.5. The summed E-state index contributed by atoms with van der Waals surface area (Å²) in [6, 6.07) is 38.0. The third-order valence-corrected chi connectivity index (χ3v) is 9.82. The normalized spacial score (nSPS) is 12.7. The van der Waals surface area contributed by atoms with Gasteiger partial charge in [0.25, 0.3) is 0 Å². The number of benzene rings is 6. The number of fused-ring (bicyclic) bond motifs is 3. The molecular weight excluding hydrogens is 731 g/mol. The summed E-state index contributed by atoms with van der Waals surface area (Å²) in [4.78, 5) is 43.3. The maximum atomic E-state index is 15.2. The van der Waals surface area contributed by atoms with Crippen molar-refractivity contribution < 1.29 is 45.8 Å². The van der Waals surface area contributed by atoms with Crippen LogP contribution in [0.1, 0.15) is 40.2 Å². The summed E-state index contributed by atoms with van der Waals surface area (Å²) in [5.74, 6) is -17.5. The van der Waals surface area contributed by atoms with Crippen LogP contribution in [0.3, 0.4) is 0 Å². The van der Waals surface area contributed by atoms with E-state index in [1.165, 1.54) is 0 Å². The first-order chi connectivity index (χ1) is 27.0. The molecule has 0 bridgehead atoms. The van der Waals surface area contributed by atoms with Gasteiger partial charge in [0.2, 0.25) is 40.7 Å².